The van der Waals surface area contributed by atoms with E-state index in [0.717, 1.165) is 0 Å². The maximum atomic E-state index is 13.3. The van der Waals surface area contributed by atoms with Crippen LogP contribution in [-0.4, -0.2) is 65.5 Å². The van der Waals surface area contributed by atoms with Gasteiger partial charge in [0.15, 0.2) is 5.78 Å². The van der Waals surface area contributed by atoms with Gasteiger partial charge in [0, 0.05) is 55.2 Å². The van der Waals surface area contributed by atoms with Gasteiger partial charge in [-0.1, -0.05) is 0 Å². The Kier molecular flexibility index (Phi) is 6.55. The van der Waals surface area contributed by atoms with Crippen molar-refractivity contribution in [1.82, 2.24) is 5.32 Å². The summed E-state index contributed by atoms with van der Waals surface area (Å²) in [4.78, 5) is 13.3. The fourth-order valence-electron chi connectivity index (χ4n) is 3.53. The number of aliphatic hydroxyl groups is 2. The number of aromatic hydroxyl groups is 2. The van der Waals surface area contributed by atoms with Crippen LogP contribution in [0.5, 0.6) is 11.5 Å². The number of fused-ring (bicyclic) bond motifs is 2. The first-order valence-electron chi connectivity index (χ1n) is 9.45. The quantitative estimate of drug-likeness (QED) is 0.215. The fourth-order valence-corrected chi connectivity index (χ4v) is 3.53. The first kappa shape index (κ1) is 20.9. The van der Waals surface area contributed by atoms with Crippen molar-refractivity contribution in [1.29, 1.82) is 0 Å². The van der Waals surface area contributed by atoms with E-state index in [0.29, 0.717) is 49.7 Å². The number of carbonyl (C=O) groups excluding carboxylic acids is 1. The summed E-state index contributed by atoms with van der Waals surface area (Å²) >= 11 is 0. The maximum Gasteiger partial charge on any atom is 0.199 e. The Morgan fingerprint density at radius 2 is 1.55 bits per heavy atom. The highest BCUT2D eigenvalue weighted by atomic mass is 16.3. The third kappa shape index (κ3) is 3.99. The Bertz CT molecular complexity index is 903. The monoisotopic (exact) mass is 402 g/mol. The SMILES string of the molecule is NCCNc1ccc(NCCNCCO)c2c1C(O)c1c(O)ccc(O)c1C2=O. The molecule has 0 aromatic heterocycles. The molecule has 0 fully saturated rings. The Morgan fingerprint density at radius 1 is 0.862 bits per heavy atom. The largest absolute Gasteiger partial charge is 0.508 e. The van der Waals surface area contributed by atoms with E-state index in [2.05, 4.69) is 16.0 Å². The van der Waals surface area contributed by atoms with Crippen LogP contribution in [0, 0.1) is 0 Å². The van der Waals surface area contributed by atoms with Gasteiger partial charge in [-0.2, -0.15) is 0 Å². The lowest BCUT2D eigenvalue weighted by Gasteiger charge is -2.29. The molecule has 1 aliphatic carbocycles. The molecule has 0 radical (unpaired) electrons. The molecule has 1 aliphatic rings. The minimum atomic E-state index is -1.31. The average Bonchev–Trinajstić information content (AvgIpc) is 2.71. The second-order valence-electron chi connectivity index (χ2n) is 6.69. The van der Waals surface area contributed by atoms with E-state index in [9.17, 15) is 20.1 Å². The molecule has 1 atom stereocenters. The highest BCUT2D eigenvalue weighted by molar-refractivity contribution is 6.18. The van der Waals surface area contributed by atoms with Crippen LogP contribution in [-0.2, 0) is 0 Å². The summed E-state index contributed by atoms with van der Waals surface area (Å²) in [7, 11) is 0. The number of benzene rings is 2. The third-order valence-electron chi connectivity index (χ3n) is 4.81. The van der Waals surface area contributed by atoms with Gasteiger partial charge in [-0.3, -0.25) is 4.79 Å². The van der Waals surface area contributed by atoms with Crippen molar-refractivity contribution in [3.05, 3.63) is 46.5 Å². The summed E-state index contributed by atoms with van der Waals surface area (Å²) in [5.41, 5.74) is 7.03. The number of aliphatic hydroxyl groups excluding tert-OH is 2. The second kappa shape index (κ2) is 9.10. The smallest absolute Gasteiger partial charge is 0.199 e. The van der Waals surface area contributed by atoms with Gasteiger partial charge in [0.05, 0.1) is 17.7 Å². The highest BCUT2D eigenvalue weighted by Crippen LogP contribution is 2.47. The molecule has 9 heteroatoms. The molecule has 0 saturated carbocycles. The fraction of sp³-hybridized carbons (Fsp3) is 0.350. The zero-order chi connectivity index (χ0) is 21.0. The predicted molar refractivity (Wildman–Crippen MR) is 110 cm³/mol. The van der Waals surface area contributed by atoms with E-state index in [4.69, 9.17) is 10.8 Å². The van der Waals surface area contributed by atoms with Crippen molar-refractivity contribution < 1.29 is 25.2 Å². The Labute approximate surface area is 168 Å². The van der Waals surface area contributed by atoms with Crippen molar-refractivity contribution >= 4 is 17.2 Å². The Balaban J connectivity index is 2.06. The first-order valence-corrected chi connectivity index (χ1v) is 9.45. The van der Waals surface area contributed by atoms with Crippen molar-refractivity contribution in [2.24, 2.45) is 5.73 Å². The summed E-state index contributed by atoms with van der Waals surface area (Å²) in [5.74, 6) is -1.06. The molecule has 2 aromatic carbocycles. The number of phenols is 2. The molecule has 0 bridgehead atoms. The standard InChI is InChI=1S/C20H26N4O5/c21-5-6-23-11-1-2-12(24-8-7-22-9-10-25)16-15(11)19(28)17-13(26)3-4-14(27)18(17)20(16)29/h1-4,19,22-28H,5-10,21H2. The van der Waals surface area contributed by atoms with Crippen LogP contribution in [0.3, 0.4) is 0 Å². The maximum absolute atomic E-state index is 13.3. The second-order valence-corrected chi connectivity index (χ2v) is 6.69. The van der Waals surface area contributed by atoms with Crippen LogP contribution < -0.4 is 21.7 Å². The number of rotatable bonds is 9. The molecular weight excluding hydrogens is 376 g/mol. The van der Waals surface area contributed by atoms with Crippen molar-refractivity contribution in [2.75, 3.05) is 50.0 Å². The average molecular weight is 402 g/mol. The third-order valence-corrected chi connectivity index (χ3v) is 4.81. The number of phenolic OH excluding ortho intramolecular Hbond substituents is 2. The number of ketones is 1. The van der Waals surface area contributed by atoms with Gasteiger partial charge in [0.25, 0.3) is 0 Å². The minimum absolute atomic E-state index is 0.0138. The van der Waals surface area contributed by atoms with Crippen LogP contribution in [0.2, 0.25) is 0 Å². The molecule has 9 nitrogen and oxygen atoms in total. The molecule has 0 amide bonds. The van der Waals surface area contributed by atoms with Crippen LogP contribution in [0.15, 0.2) is 24.3 Å². The van der Waals surface area contributed by atoms with E-state index in [-0.39, 0.29) is 34.8 Å². The Morgan fingerprint density at radius 3 is 2.28 bits per heavy atom. The molecule has 3 rings (SSSR count). The van der Waals surface area contributed by atoms with Crippen LogP contribution in [0.25, 0.3) is 0 Å². The van der Waals surface area contributed by atoms with E-state index >= 15 is 0 Å². The molecule has 0 heterocycles. The zero-order valence-corrected chi connectivity index (χ0v) is 15.9. The van der Waals surface area contributed by atoms with Crippen molar-refractivity contribution in [3.8, 4) is 11.5 Å². The number of hydrogen-bond donors (Lipinski definition) is 8. The molecule has 9 N–H and O–H groups in total. The molecule has 0 aliphatic heterocycles. The molecule has 29 heavy (non-hydrogen) atoms. The molecule has 1 unspecified atom stereocenters. The lowest BCUT2D eigenvalue weighted by molar-refractivity contribution is 0.101. The lowest BCUT2D eigenvalue weighted by Crippen LogP contribution is -2.27. The van der Waals surface area contributed by atoms with Gasteiger partial charge >= 0.3 is 0 Å². The molecule has 0 saturated heterocycles. The number of anilines is 2. The van der Waals surface area contributed by atoms with Gasteiger partial charge in [0.1, 0.15) is 17.6 Å². The molecule has 2 aromatic rings. The van der Waals surface area contributed by atoms with Crippen molar-refractivity contribution in [2.45, 2.75) is 6.10 Å². The number of nitrogens with two attached hydrogens (primary N) is 1. The summed E-state index contributed by atoms with van der Waals surface area (Å²) < 4.78 is 0. The first-order chi connectivity index (χ1) is 14.0. The molecule has 156 valence electrons. The summed E-state index contributed by atoms with van der Waals surface area (Å²) in [6.45, 7) is 2.31. The number of nitrogens with one attached hydrogen (secondary N) is 3. The highest BCUT2D eigenvalue weighted by Gasteiger charge is 2.37. The van der Waals surface area contributed by atoms with Crippen LogP contribution in [0.4, 0.5) is 11.4 Å². The lowest BCUT2D eigenvalue weighted by atomic mass is 9.80. The van der Waals surface area contributed by atoms with E-state index < -0.39 is 11.9 Å². The summed E-state index contributed by atoms with van der Waals surface area (Å²) in [6, 6.07) is 5.93. The topological polar surface area (TPSA) is 160 Å². The van der Waals surface area contributed by atoms with Crippen LogP contribution in [0.1, 0.15) is 33.2 Å². The summed E-state index contributed by atoms with van der Waals surface area (Å²) in [5, 5.41) is 49.6. The van der Waals surface area contributed by atoms with E-state index in [1.165, 1.54) is 12.1 Å². The normalized spacial score (nSPS) is 15.0. The van der Waals surface area contributed by atoms with Crippen molar-refractivity contribution in [3.63, 3.8) is 0 Å². The van der Waals surface area contributed by atoms with Crippen LogP contribution >= 0.6 is 0 Å². The van der Waals surface area contributed by atoms with E-state index in [1.807, 2.05) is 0 Å². The predicted octanol–water partition coefficient (Wildman–Crippen LogP) is 0.0883. The molecule has 0 spiro atoms. The number of carbonyl (C=O) groups is 1. The summed E-state index contributed by atoms with van der Waals surface area (Å²) in [6.07, 6.45) is -1.31. The van der Waals surface area contributed by atoms with Gasteiger partial charge in [-0.25, -0.2) is 0 Å². The van der Waals surface area contributed by atoms with Gasteiger partial charge < -0.3 is 42.1 Å². The Hall–Kier alpha value is -2.85. The van der Waals surface area contributed by atoms with Gasteiger partial charge in [-0.05, 0) is 24.3 Å². The molecular formula is C20H26N4O5. The zero-order valence-electron chi connectivity index (χ0n) is 15.9. The minimum Gasteiger partial charge on any atom is -0.508 e. The van der Waals surface area contributed by atoms with E-state index in [1.54, 1.807) is 12.1 Å². The number of hydrogen-bond acceptors (Lipinski definition) is 9. The van der Waals surface area contributed by atoms with Gasteiger partial charge in [-0.15, -0.1) is 0 Å². The van der Waals surface area contributed by atoms with Gasteiger partial charge in [0.2, 0.25) is 0 Å².